The highest BCUT2D eigenvalue weighted by Crippen LogP contribution is 2.50. The van der Waals surface area contributed by atoms with Crippen LogP contribution in [0.15, 0.2) is 60.7 Å². The van der Waals surface area contributed by atoms with Gasteiger partial charge in [0.15, 0.2) is 11.6 Å². The number of hydrogen-bond acceptors (Lipinski definition) is 6. The normalized spacial score (nSPS) is 18.9. The molecule has 0 saturated carbocycles. The third-order valence-corrected chi connectivity index (χ3v) is 6.00. The van der Waals surface area contributed by atoms with Gasteiger partial charge in [-0.1, -0.05) is 60.7 Å². The van der Waals surface area contributed by atoms with Gasteiger partial charge in [0, 0.05) is 0 Å². The molecule has 0 N–H and O–H groups in total. The number of carbonyl (C=O) groups is 1. The van der Waals surface area contributed by atoms with Gasteiger partial charge in [-0.15, -0.1) is 0 Å². The number of ether oxygens (including phenoxy) is 2. The third kappa shape index (κ3) is 6.09. The van der Waals surface area contributed by atoms with Gasteiger partial charge in [-0.05, 0) is 25.0 Å². The lowest BCUT2D eigenvalue weighted by molar-refractivity contribution is -0.150. The Morgan fingerprint density at radius 1 is 1.00 bits per heavy atom. The molecule has 0 aliphatic carbocycles. The average molecular weight is 404 g/mol. The topological polar surface area (TPSA) is 71.1 Å². The van der Waals surface area contributed by atoms with Crippen LogP contribution in [0.1, 0.15) is 25.0 Å². The van der Waals surface area contributed by atoms with Crippen molar-refractivity contribution in [2.75, 3.05) is 12.8 Å². The Labute approximate surface area is 165 Å². The Balaban J connectivity index is 1.67. The number of carbonyl (C=O) groups excluding carboxylic acids is 1. The maximum atomic E-state index is 13.3. The van der Waals surface area contributed by atoms with E-state index in [0.29, 0.717) is 0 Å². The van der Waals surface area contributed by atoms with E-state index >= 15 is 0 Å². The lowest BCUT2D eigenvalue weighted by Crippen LogP contribution is -2.29. The first-order chi connectivity index (χ1) is 13.4. The van der Waals surface area contributed by atoms with E-state index in [1.54, 1.807) is 13.8 Å². The van der Waals surface area contributed by atoms with Gasteiger partial charge >= 0.3 is 7.60 Å². The van der Waals surface area contributed by atoms with Gasteiger partial charge in [-0.25, -0.2) is 0 Å². The van der Waals surface area contributed by atoms with Crippen molar-refractivity contribution >= 4 is 13.4 Å². The molecule has 28 heavy (non-hydrogen) atoms. The zero-order valence-electron chi connectivity index (χ0n) is 16.1. The van der Waals surface area contributed by atoms with Gasteiger partial charge in [0.25, 0.3) is 0 Å². The quantitative estimate of drug-likeness (QED) is 0.579. The van der Waals surface area contributed by atoms with Crippen LogP contribution in [-0.4, -0.2) is 30.4 Å². The van der Waals surface area contributed by atoms with Gasteiger partial charge in [0.2, 0.25) is 0 Å². The van der Waals surface area contributed by atoms with Crippen molar-refractivity contribution in [3.05, 3.63) is 71.8 Å². The first-order valence-corrected chi connectivity index (χ1v) is 10.9. The van der Waals surface area contributed by atoms with Crippen molar-refractivity contribution in [1.29, 1.82) is 0 Å². The Morgan fingerprint density at radius 2 is 1.50 bits per heavy atom. The Hall–Kier alpha value is -1.82. The minimum Gasteiger partial charge on any atom is -0.347 e. The maximum Gasteiger partial charge on any atom is 0.338 e. The zero-order chi connectivity index (χ0) is 20.0. The highest BCUT2D eigenvalue weighted by molar-refractivity contribution is 7.54. The lowest BCUT2D eigenvalue weighted by Gasteiger charge is -2.20. The molecule has 2 aromatic carbocycles. The van der Waals surface area contributed by atoms with Gasteiger partial charge in [0.05, 0.1) is 19.8 Å². The van der Waals surface area contributed by atoms with Gasteiger partial charge in [-0.2, -0.15) is 0 Å². The predicted molar refractivity (Wildman–Crippen MR) is 105 cm³/mol. The van der Waals surface area contributed by atoms with Crippen LogP contribution in [0.25, 0.3) is 0 Å². The summed E-state index contributed by atoms with van der Waals surface area (Å²) in [6.45, 7) is 3.78. The molecule has 1 fully saturated rings. The summed E-state index contributed by atoms with van der Waals surface area (Å²) in [5.41, 5.74) is 1.69. The summed E-state index contributed by atoms with van der Waals surface area (Å²) in [4.78, 5) is 12.6. The molecule has 1 aliphatic heterocycles. The summed E-state index contributed by atoms with van der Waals surface area (Å²) >= 11 is 0. The van der Waals surface area contributed by atoms with Crippen LogP contribution < -0.4 is 0 Å². The van der Waals surface area contributed by atoms with Crippen LogP contribution in [0.3, 0.4) is 0 Å². The van der Waals surface area contributed by atoms with Crippen molar-refractivity contribution in [2.24, 2.45) is 0 Å². The van der Waals surface area contributed by atoms with Crippen LogP contribution >= 0.6 is 7.60 Å². The molecule has 0 radical (unpaired) electrons. The number of ketones is 1. The largest absolute Gasteiger partial charge is 0.347 e. The summed E-state index contributed by atoms with van der Waals surface area (Å²) in [7, 11) is -3.69. The predicted octanol–water partition coefficient (Wildman–Crippen LogP) is 4.33. The Bertz CT molecular complexity index is 774. The first kappa shape index (κ1) is 20.9. The summed E-state index contributed by atoms with van der Waals surface area (Å²) in [5.74, 6) is -1.19. The number of Topliss-reactive ketones (excluding diaryl/α,β-unsaturated/α-hetero) is 1. The first-order valence-electron chi connectivity index (χ1n) is 9.16. The molecular weight excluding hydrogens is 379 g/mol. The monoisotopic (exact) mass is 404 g/mol. The van der Waals surface area contributed by atoms with E-state index in [-0.39, 0.29) is 31.8 Å². The smallest absolute Gasteiger partial charge is 0.338 e. The number of benzene rings is 2. The zero-order valence-corrected chi connectivity index (χ0v) is 17.0. The molecule has 150 valence electrons. The lowest BCUT2D eigenvalue weighted by atomic mass is 10.2. The molecule has 1 aliphatic rings. The van der Waals surface area contributed by atoms with E-state index in [9.17, 15) is 9.36 Å². The van der Waals surface area contributed by atoms with Crippen molar-refractivity contribution < 1.29 is 27.9 Å². The van der Waals surface area contributed by atoms with E-state index in [1.807, 2.05) is 60.7 Å². The van der Waals surface area contributed by atoms with E-state index in [1.165, 1.54) is 0 Å². The molecule has 0 amide bonds. The standard InChI is InChI=1S/C21H25O6P/c1-21(2)24-15-20(27-21)19(22)16-28(23,25-13-17-9-5-3-6-10-17)26-14-18-11-7-4-8-12-18/h3-12,20H,13-16H2,1-2H3/t20-/m1/s1. The molecule has 0 unspecified atom stereocenters. The van der Waals surface area contributed by atoms with Gasteiger partial charge in [-0.3, -0.25) is 9.36 Å². The fourth-order valence-corrected chi connectivity index (χ4v) is 4.30. The second-order valence-electron chi connectivity index (χ2n) is 7.07. The van der Waals surface area contributed by atoms with Crippen LogP contribution in [0.5, 0.6) is 0 Å². The maximum absolute atomic E-state index is 13.3. The fourth-order valence-electron chi connectivity index (χ4n) is 2.76. The Kier molecular flexibility index (Phi) is 6.81. The van der Waals surface area contributed by atoms with Crippen LogP contribution in [0, 0.1) is 0 Å². The van der Waals surface area contributed by atoms with Crippen LogP contribution in [0.4, 0.5) is 0 Å². The van der Waals surface area contributed by atoms with E-state index in [2.05, 4.69) is 0 Å². The molecular formula is C21H25O6P. The summed E-state index contributed by atoms with van der Waals surface area (Å²) in [6, 6.07) is 18.7. The molecule has 6 nitrogen and oxygen atoms in total. The minimum atomic E-state index is -3.69. The summed E-state index contributed by atoms with van der Waals surface area (Å²) in [5, 5.41) is 0. The highest BCUT2D eigenvalue weighted by atomic mass is 31.2. The third-order valence-electron chi connectivity index (χ3n) is 4.26. The SMILES string of the molecule is CC1(C)OC[C@H](C(=O)CP(=O)(OCc2ccccc2)OCc2ccccc2)O1. The average Bonchev–Trinajstić information content (AvgIpc) is 3.07. The molecule has 1 heterocycles. The second-order valence-corrected chi connectivity index (χ2v) is 9.13. The summed E-state index contributed by atoms with van der Waals surface area (Å²) < 4.78 is 35.6. The van der Waals surface area contributed by atoms with Crippen molar-refractivity contribution in [3.63, 3.8) is 0 Å². The van der Waals surface area contributed by atoms with E-state index in [0.717, 1.165) is 11.1 Å². The molecule has 7 heteroatoms. The highest BCUT2D eigenvalue weighted by Gasteiger charge is 2.40. The van der Waals surface area contributed by atoms with E-state index < -0.39 is 19.5 Å². The second kappa shape index (κ2) is 9.12. The van der Waals surface area contributed by atoms with Crippen molar-refractivity contribution in [3.8, 4) is 0 Å². The fraction of sp³-hybridized carbons (Fsp3) is 0.381. The van der Waals surface area contributed by atoms with Crippen molar-refractivity contribution in [2.45, 2.75) is 39.0 Å². The Morgan fingerprint density at radius 3 is 1.93 bits per heavy atom. The minimum absolute atomic E-state index is 0.0910. The molecule has 0 spiro atoms. The summed E-state index contributed by atoms with van der Waals surface area (Å²) in [6.07, 6.45) is -1.14. The van der Waals surface area contributed by atoms with Gasteiger partial charge < -0.3 is 18.5 Å². The van der Waals surface area contributed by atoms with Crippen molar-refractivity contribution in [1.82, 2.24) is 0 Å². The molecule has 1 saturated heterocycles. The molecule has 3 rings (SSSR count). The molecule has 0 aromatic heterocycles. The number of hydrogen-bond donors (Lipinski definition) is 0. The number of rotatable bonds is 9. The van der Waals surface area contributed by atoms with E-state index in [4.69, 9.17) is 18.5 Å². The van der Waals surface area contributed by atoms with Crippen LogP contribution in [0.2, 0.25) is 0 Å². The molecule has 2 aromatic rings. The molecule has 1 atom stereocenters. The molecule has 0 bridgehead atoms. The van der Waals surface area contributed by atoms with Crippen LogP contribution in [-0.2, 0) is 41.1 Å². The van der Waals surface area contributed by atoms with Gasteiger partial charge in [0.1, 0.15) is 12.3 Å².